The van der Waals surface area contributed by atoms with Gasteiger partial charge in [-0.05, 0) is 48.3 Å². The van der Waals surface area contributed by atoms with Crippen molar-refractivity contribution >= 4 is 5.97 Å². The van der Waals surface area contributed by atoms with Crippen LogP contribution in [-0.2, 0) is 16.1 Å². The van der Waals surface area contributed by atoms with Crippen LogP contribution in [0.15, 0.2) is 29.8 Å². The van der Waals surface area contributed by atoms with Crippen molar-refractivity contribution in [3.8, 4) is 11.5 Å². The van der Waals surface area contributed by atoms with Gasteiger partial charge in [-0.3, -0.25) is 4.79 Å². The highest BCUT2D eigenvalue weighted by atomic mass is 16.6. The van der Waals surface area contributed by atoms with Gasteiger partial charge in [0.15, 0.2) is 11.5 Å². The van der Waals surface area contributed by atoms with E-state index in [1.54, 1.807) is 19.8 Å². The second kappa shape index (κ2) is 8.02. The maximum atomic E-state index is 12.6. The summed E-state index contributed by atoms with van der Waals surface area (Å²) < 4.78 is 16.5. The van der Waals surface area contributed by atoms with Crippen LogP contribution in [0.3, 0.4) is 0 Å². The monoisotopic (exact) mass is 399 g/mol. The van der Waals surface area contributed by atoms with Crippen molar-refractivity contribution in [3.63, 3.8) is 0 Å². The van der Waals surface area contributed by atoms with Crippen molar-refractivity contribution in [2.24, 2.45) is 23.2 Å². The van der Waals surface area contributed by atoms with Crippen molar-refractivity contribution in [1.29, 1.82) is 0 Å². The summed E-state index contributed by atoms with van der Waals surface area (Å²) >= 11 is 0. The van der Waals surface area contributed by atoms with Crippen LogP contribution >= 0.6 is 0 Å². The van der Waals surface area contributed by atoms with E-state index in [-0.39, 0.29) is 29.3 Å². The Morgan fingerprint density at radius 1 is 1.24 bits per heavy atom. The number of methoxy groups -OCH3 is 2. The van der Waals surface area contributed by atoms with Gasteiger partial charge in [-0.1, -0.05) is 38.0 Å². The molecular formula is C24H33NO4. The van der Waals surface area contributed by atoms with E-state index in [2.05, 4.69) is 25.2 Å². The molecule has 5 nitrogen and oxygen atoms in total. The largest absolute Gasteiger partial charge is 0.493 e. The maximum Gasteiger partial charge on any atom is 0.311 e. The third-order valence-corrected chi connectivity index (χ3v) is 7.22. The van der Waals surface area contributed by atoms with Gasteiger partial charge in [-0.15, -0.1) is 0 Å². The molecule has 0 amide bonds. The van der Waals surface area contributed by atoms with E-state index in [0.717, 1.165) is 23.5 Å². The molecule has 5 atom stereocenters. The minimum Gasteiger partial charge on any atom is -0.493 e. The number of allylic oxidation sites excluding steroid dienone is 1. The predicted molar refractivity (Wildman–Crippen MR) is 112 cm³/mol. The van der Waals surface area contributed by atoms with Crippen LogP contribution in [0.1, 0.15) is 45.1 Å². The van der Waals surface area contributed by atoms with Gasteiger partial charge in [-0.2, -0.15) is 0 Å². The van der Waals surface area contributed by atoms with E-state index in [1.807, 2.05) is 18.2 Å². The lowest BCUT2D eigenvalue weighted by molar-refractivity contribution is -0.145. The van der Waals surface area contributed by atoms with Crippen molar-refractivity contribution in [2.75, 3.05) is 20.8 Å². The summed E-state index contributed by atoms with van der Waals surface area (Å²) in [6, 6.07) is 5.90. The Labute approximate surface area is 173 Å². The molecule has 3 aliphatic rings. The highest BCUT2D eigenvalue weighted by Gasteiger charge is 2.51. The quantitative estimate of drug-likeness (QED) is 0.576. The zero-order valence-electron chi connectivity index (χ0n) is 18.0. The number of benzene rings is 1. The van der Waals surface area contributed by atoms with Crippen molar-refractivity contribution < 1.29 is 19.0 Å². The smallest absolute Gasteiger partial charge is 0.311 e. The van der Waals surface area contributed by atoms with E-state index >= 15 is 0 Å². The normalized spacial score (nSPS) is 33.4. The van der Waals surface area contributed by atoms with E-state index in [4.69, 9.17) is 14.2 Å². The summed E-state index contributed by atoms with van der Waals surface area (Å²) in [5.41, 5.74) is 2.87. The standard InChI is InChI=1S/C24H33NO4/c1-15-6-5-9-24(2)12-22-17(11-19(15)24)18(23(26)29-22)14-25-13-16-7-8-20(27-3)21(10-16)28-4/h7-8,10-11,15,17-18,22,25H,5-6,9,12-14H2,1-4H3. The molecule has 1 aromatic carbocycles. The van der Waals surface area contributed by atoms with E-state index in [9.17, 15) is 4.79 Å². The zero-order chi connectivity index (χ0) is 20.6. The molecule has 29 heavy (non-hydrogen) atoms. The first-order valence-corrected chi connectivity index (χ1v) is 10.8. The van der Waals surface area contributed by atoms with Crippen molar-refractivity contribution in [3.05, 3.63) is 35.4 Å². The molecule has 0 bridgehead atoms. The summed E-state index contributed by atoms with van der Waals surface area (Å²) in [4.78, 5) is 12.6. The molecule has 1 aromatic rings. The molecule has 1 aliphatic heterocycles. The molecule has 1 heterocycles. The van der Waals surface area contributed by atoms with Gasteiger partial charge in [0.05, 0.1) is 20.1 Å². The van der Waals surface area contributed by atoms with Gasteiger partial charge in [0.2, 0.25) is 0 Å². The minimum absolute atomic E-state index is 0.0365. The Morgan fingerprint density at radius 2 is 2.03 bits per heavy atom. The fourth-order valence-corrected chi connectivity index (χ4v) is 5.64. The summed E-state index contributed by atoms with van der Waals surface area (Å²) in [5.74, 6) is 2.10. The number of ether oxygens (including phenoxy) is 3. The third-order valence-electron chi connectivity index (χ3n) is 7.22. The number of nitrogens with one attached hydrogen (secondary N) is 1. The van der Waals surface area contributed by atoms with Gasteiger partial charge in [0, 0.05) is 19.0 Å². The number of carbonyl (C=O) groups excluding carboxylic acids is 1. The molecule has 0 spiro atoms. The lowest BCUT2D eigenvalue weighted by atomic mass is 9.59. The van der Waals surface area contributed by atoms with Gasteiger partial charge >= 0.3 is 5.97 Å². The van der Waals surface area contributed by atoms with Crippen LogP contribution < -0.4 is 14.8 Å². The van der Waals surface area contributed by atoms with E-state index in [0.29, 0.717) is 19.0 Å². The second-order valence-corrected chi connectivity index (χ2v) is 9.16. The fraction of sp³-hybridized carbons (Fsp3) is 0.625. The molecule has 5 heteroatoms. The van der Waals surface area contributed by atoms with Crippen molar-refractivity contribution in [1.82, 2.24) is 5.32 Å². The minimum atomic E-state index is -0.105. The molecule has 0 aromatic heterocycles. The molecule has 4 rings (SSSR count). The number of fused-ring (bicyclic) bond motifs is 2. The molecule has 1 N–H and O–H groups in total. The van der Waals surface area contributed by atoms with Crippen LogP contribution in [0.25, 0.3) is 0 Å². The summed E-state index contributed by atoms with van der Waals surface area (Å²) in [6.45, 7) is 6.00. The zero-order valence-corrected chi connectivity index (χ0v) is 18.0. The molecule has 1 saturated carbocycles. The predicted octanol–water partition coefficient (Wildman–Crippen LogP) is 4.11. The Kier molecular flexibility index (Phi) is 5.60. The van der Waals surface area contributed by atoms with Crippen LogP contribution in [0.2, 0.25) is 0 Å². The van der Waals surface area contributed by atoms with E-state index in [1.165, 1.54) is 19.3 Å². The first kappa shape index (κ1) is 20.3. The average molecular weight is 400 g/mol. The van der Waals surface area contributed by atoms with Crippen LogP contribution in [-0.4, -0.2) is 32.8 Å². The second-order valence-electron chi connectivity index (χ2n) is 9.16. The summed E-state index contributed by atoms with van der Waals surface area (Å²) in [7, 11) is 3.27. The number of carbonyl (C=O) groups is 1. The Bertz CT molecular complexity index is 804. The highest BCUT2D eigenvalue weighted by Crippen LogP contribution is 2.53. The number of hydrogen-bond donors (Lipinski definition) is 1. The molecule has 1 saturated heterocycles. The maximum absolute atomic E-state index is 12.6. The van der Waals surface area contributed by atoms with Crippen molar-refractivity contribution in [2.45, 2.75) is 52.2 Å². The Balaban J connectivity index is 1.44. The van der Waals surface area contributed by atoms with Crippen LogP contribution in [0.4, 0.5) is 0 Å². The summed E-state index contributed by atoms with van der Waals surface area (Å²) in [5, 5.41) is 3.46. The molecule has 2 aliphatic carbocycles. The Morgan fingerprint density at radius 3 is 2.79 bits per heavy atom. The number of esters is 1. The highest BCUT2D eigenvalue weighted by molar-refractivity contribution is 5.76. The number of hydrogen-bond acceptors (Lipinski definition) is 5. The fourth-order valence-electron chi connectivity index (χ4n) is 5.64. The average Bonchev–Trinajstić information content (AvgIpc) is 3.00. The first-order valence-electron chi connectivity index (χ1n) is 10.8. The number of rotatable bonds is 6. The van der Waals surface area contributed by atoms with Gasteiger partial charge in [0.25, 0.3) is 0 Å². The lowest BCUT2D eigenvalue weighted by Crippen LogP contribution is -2.40. The summed E-state index contributed by atoms with van der Waals surface area (Å²) in [6.07, 6.45) is 7.17. The van der Waals surface area contributed by atoms with E-state index < -0.39 is 0 Å². The molecule has 2 fully saturated rings. The third kappa shape index (κ3) is 3.77. The molecule has 158 valence electrons. The lowest BCUT2D eigenvalue weighted by Gasteiger charge is -2.46. The van der Waals surface area contributed by atoms with Crippen LogP contribution in [0, 0.1) is 23.2 Å². The first-order chi connectivity index (χ1) is 13.9. The Hall–Kier alpha value is -2.01. The van der Waals surface area contributed by atoms with Gasteiger partial charge < -0.3 is 19.5 Å². The SMILES string of the molecule is COc1ccc(CNCC2C(=O)OC3CC4(C)CCCC(C)C4=CC32)cc1OC. The topological polar surface area (TPSA) is 56.8 Å². The van der Waals surface area contributed by atoms with Crippen LogP contribution in [0.5, 0.6) is 11.5 Å². The molecular weight excluding hydrogens is 366 g/mol. The van der Waals surface area contributed by atoms with Gasteiger partial charge in [0.1, 0.15) is 6.10 Å². The molecule has 5 unspecified atom stereocenters. The molecule has 0 radical (unpaired) electrons. The van der Waals surface area contributed by atoms with Gasteiger partial charge in [-0.25, -0.2) is 0 Å².